The highest BCUT2D eigenvalue weighted by atomic mass is 16.8. The van der Waals surface area contributed by atoms with E-state index >= 15 is 0 Å². The maximum absolute atomic E-state index is 14.2. The third-order valence-electron chi connectivity index (χ3n) is 22.3. The van der Waals surface area contributed by atoms with E-state index in [0.29, 0.717) is 12.8 Å². The standard InChI is InChI=1S/C79H139N3O34/c1-6-8-10-12-14-16-18-20-21-23-25-27-29-31-33-35-58(95)82-49(50(91)34-32-30-28-26-24-22-19-17-15-13-11-9-7-2)44-107-74-66(101)65(100)69(56(42-86)109-74)111-75-67(102)72(70(57(43-87)110-75)112-73-60(81-47(5)90)64(99)62(97)54(40-84)108-73)116-79(77(105)106)38-52(93)59(80-46(4)89)71(115-79)63(98)55(41-85)113-78(76(103)104)37-51(92)48(36-45(3)88)68(114-78)61(96)53(94)39-83/h32,34,48-57,59-75,83-87,91-94,96-102H,6-31,33,35-44H2,1-5H3,(H,80,89)(H,81,90)(H,82,95)(H,103,104)(H,105,106)/b34-32+/t48-,49+,50+,51+,52+,53-,54-,55-,56-,57-,59-,60-,61-,62+,63-,64-,65-,66-,67-,68-,69-,70+,71-,72-,73+,74-,75+,78-,79+/m1/s1. The molecule has 0 aliphatic carbocycles. The zero-order valence-corrected chi connectivity index (χ0v) is 68.0. The molecule has 5 rings (SSSR count). The first-order chi connectivity index (χ1) is 55.3. The van der Waals surface area contributed by atoms with Crippen molar-refractivity contribution in [1.82, 2.24) is 16.0 Å². The second-order valence-electron chi connectivity index (χ2n) is 31.8. The number of aliphatic hydroxyl groups excluding tert-OH is 16. The number of ketones is 1. The molecule has 5 fully saturated rings. The third kappa shape index (κ3) is 30.9. The smallest absolute Gasteiger partial charge is 0.364 e. The van der Waals surface area contributed by atoms with Gasteiger partial charge in [0.25, 0.3) is 11.6 Å². The van der Waals surface area contributed by atoms with Gasteiger partial charge in [-0.15, -0.1) is 0 Å². The second kappa shape index (κ2) is 52.9. The number of carboxylic acid groups (broad SMARTS) is 2. The first-order valence-corrected chi connectivity index (χ1v) is 41.9. The van der Waals surface area contributed by atoms with Gasteiger partial charge in [0.1, 0.15) is 109 Å². The summed E-state index contributed by atoms with van der Waals surface area (Å²) in [6, 6.07) is -5.05. The first-order valence-electron chi connectivity index (χ1n) is 41.9. The van der Waals surface area contributed by atoms with Gasteiger partial charge in [-0.25, -0.2) is 9.59 Å². The number of carbonyl (C=O) groups excluding carboxylic acids is 4. The topological polar surface area (TPSA) is 595 Å². The first kappa shape index (κ1) is 102. The Balaban J connectivity index is 1.44. The summed E-state index contributed by atoms with van der Waals surface area (Å²) in [5.74, 6) is -15.8. The summed E-state index contributed by atoms with van der Waals surface area (Å²) < 4.78 is 60.0. The van der Waals surface area contributed by atoms with Crippen molar-refractivity contribution < 1.29 is 168 Å². The van der Waals surface area contributed by atoms with E-state index < -0.39 is 271 Å². The number of ether oxygens (including phenoxy) is 10. The zero-order chi connectivity index (χ0) is 85.8. The third-order valence-corrected chi connectivity index (χ3v) is 22.3. The van der Waals surface area contributed by atoms with E-state index in [1.165, 1.54) is 102 Å². The summed E-state index contributed by atoms with van der Waals surface area (Å²) in [6.07, 6.45) is -19.5. The second-order valence-corrected chi connectivity index (χ2v) is 31.8. The Bertz CT molecular complexity index is 2860. The molecule has 0 saturated carbocycles. The average Bonchev–Trinajstić information content (AvgIpc) is 0.745. The number of hydrogen-bond acceptors (Lipinski definition) is 32. The lowest BCUT2D eigenvalue weighted by atomic mass is 9.80. The van der Waals surface area contributed by atoms with Crippen LogP contribution in [0, 0.1) is 5.92 Å². The molecule has 0 aromatic rings. The van der Waals surface area contributed by atoms with Crippen LogP contribution in [0.1, 0.15) is 234 Å². The lowest BCUT2D eigenvalue weighted by molar-refractivity contribution is -0.402. The molecule has 0 unspecified atom stereocenters. The number of Topliss-reactive ketones (excluding diaryl/α,β-unsaturated/α-hetero) is 1. The molecule has 0 aromatic heterocycles. The minimum absolute atomic E-state index is 0.114. The van der Waals surface area contributed by atoms with Gasteiger partial charge in [0.05, 0.1) is 76.1 Å². The van der Waals surface area contributed by atoms with E-state index in [1.807, 2.05) is 0 Å². The average molecular weight is 1670 g/mol. The summed E-state index contributed by atoms with van der Waals surface area (Å²) in [5, 5.41) is 211. The Morgan fingerprint density at radius 3 is 1.47 bits per heavy atom. The molecule has 37 nitrogen and oxygen atoms in total. The van der Waals surface area contributed by atoms with Crippen LogP contribution < -0.4 is 16.0 Å². The Morgan fingerprint density at radius 1 is 0.491 bits per heavy atom. The highest BCUT2D eigenvalue weighted by Gasteiger charge is 2.64. The van der Waals surface area contributed by atoms with Crippen LogP contribution in [0.15, 0.2) is 12.2 Å². The van der Waals surface area contributed by atoms with Crippen LogP contribution in [0.3, 0.4) is 0 Å². The van der Waals surface area contributed by atoms with Crippen LogP contribution in [0.5, 0.6) is 0 Å². The Morgan fingerprint density at radius 2 is 0.966 bits per heavy atom. The summed E-state index contributed by atoms with van der Waals surface area (Å²) >= 11 is 0. The number of rotatable bonds is 57. The van der Waals surface area contributed by atoms with Crippen LogP contribution in [-0.4, -0.2) is 338 Å². The highest BCUT2D eigenvalue weighted by molar-refractivity contribution is 5.78. The molecule has 0 bridgehead atoms. The number of allylic oxidation sites excluding steroid dienone is 1. The quantitative estimate of drug-likeness (QED) is 0.0267. The number of nitrogens with one attached hydrogen (secondary N) is 3. The fourth-order valence-electron chi connectivity index (χ4n) is 15.7. The molecule has 37 heteroatoms. The largest absolute Gasteiger partial charge is 0.477 e. The predicted molar refractivity (Wildman–Crippen MR) is 408 cm³/mol. The van der Waals surface area contributed by atoms with Crippen molar-refractivity contribution in [2.45, 2.75) is 404 Å². The van der Waals surface area contributed by atoms with Crippen LogP contribution in [0.2, 0.25) is 0 Å². The Labute approximate surface area is 679 Å². The van der Waals surface area contributed by atoms with Gasteiger partial charge in [0, 0.05) is 45.4 Å². The van der Waals surface area contributed by atoms with Crippen molar-refractivity contribution in [3.63, 3.8) is 0 Å². The van der Waals surface area contributed by atoms with Crippen molar-refractivity contribution in [3.8, 4) is 0 Å². The van der Waals surface area contributed by atoms with E-state index in [9.17, 15) is 121 Å². The molecule has 29 atom stereocenters. The van der Waals surface area contributed by atoms with Crippen molar-refractivity contribution in [2.24, 2.45) is 5.92 Å². The van der Waals surface area contributed by atoms with Crippen molar-refractivity contribution in [1.29, 1.82) is 0 Å². The van der Waals surface area contributed by atoms with E-state index in [-0.39, 0.29) is 6.42 Å². The van der Waals surface area contributed by atoms with Gasteiger partial charge in [-0.05, 0) is 26.2 Å². The van der Waals surface area contributed by atoms with Crippen LogP contribution in [0.25, 0.3) is 0 Å². The fourth-order valence-corrected chi connectivity index (χ4v) is 15.7. The predicted octanol–water partition coefficient (Wildman–Crippen LogP) is -0.602. The summed E-state index contributed by atoms with van der Waals surface area (Å²) in [7, 11) is 0. The van der Waals surface area contributed by atoms with Gasteiger partial charge in [-0.3, -0.25) is 14.4 Å². The summed E-state index contributed by atoms with van der Waals surface area (Å²) in [4.78, 5) is 79.2. The molecule has 0 aromatic carbocycles. The van der Waals surface area contributed by atoms with Gasteiger partial charge in [-0.2, -0.15) is 0 Å². The number of unbranched alkanes of at least 4 members (excludes halogenated alkanes) is 25. The normalized spacial score (nSPS) is 33.3. The maximum Gasteiger partial charge on any atom is 0.364 e. The number of amides is 3. The van der Waals surface area contributed by atoms with Crippen molar-refractivity contribution in [3.05, 3.63) is 12.2 Å². The van der Waals surface area contributed by atoms with E-state index in [4.69, 9.17) is 47.4 Å². The van der Waals surface area contributed by atoms with E-state index in [0.717, 1.165) is 85.0 Å². The highest BCUT2D eigenvalue weighted by Crippen LogP contribution is 2.44. The molecular weight excluding hydrogens is 1530 g/mol. The van der Waals surface area contributed by atoms with Crippen LogP contribution in [0.4, 0.5) is 0 Å². The monoisotopic (exact) mass is 1670 g/mol. The molecule has 5 aliphatic heterocycles. The van der Waals surface area contributed by atoms with Gasteiger partial charge >= 0.3 is 11.9 Å². The summed E-state index contributed by atoms with van der Waals surface area (Å²) in [5.41, 5.74) is 0. The van der Waals surface area contributed by atoms with Gasteiger partial charge < -0.3 is 160 Å². The number of carboxylic acids is 2. The number of carbonyl (C=O) groups is 6. The lowest BCUT2D eigenvalue weighted by Crippen LogP contribution is -2.72. The minimum Gasteiger partial charge on any atom is -0.477 e. The Hall–Kier alpha value is -4.28. The number of aliphatic carboxylic acids is 2. The van der Waals surface area contributed by atoms with Gasteiger partial charge in [0.15, 0.2) is 18.9 Å². The minimum atomic E-state index is -3.58. The van der Waals surface area contributed by atoms with Crippen molar-refractivity contribution >= 4 is 35.4 Å². The van der Waals surface area contributed by atoms with Gasteiger partial charge in [-0.1, -0.05) is 180 Å². The molecule has 5 aliphatic rings. The maximum atomic E-state index is 14.2. The van der Waals surface area contributed by atoms with Crippen LogP contribution >= 0.6 is 0 Å². The van der Waals surface area contributed by atoms with E-state index in [1.54, 1.807) is 6.08 Å². The summed E-state index contributed by atoms with van der Waals surface area (Å²) in [6.45, 7) is 0.693. The molecular formula is C79H139N3O34. The molecule has 0 radical (unpaired) electrons. The molecule has 5 heterocycles. The fraction of sp³-hybridized carbons (Fsp3) is 0.899. The SMILES string of the molecule is CCCCCCCCCCCCC/C=C/[C@H](O)[C@H](CO[C@@H]1O[C@H](CO)[C@@H](O[C@@H]2O[C@H](CO)[C@H](O[C@@H]3O[C@H](CO)[C@H](O)[C@H](O)[C@H]3NC(C)=O)[C@H](O[C@]3(C(=O)O)C[C@H](O)[C@@H](NC(C)=O)[C@H]([C@H](O)[C@@H](CO)O[C@]4(C(=O)O)C[C@H](O)[C@@H](CC(C)=O)[C@H]([C@H](O)[C@H](O)CO)O4)O3)[C@H]2O)[C@H](O)[C@H]1O)NC(=O)CCCCCCCCCCCCCCCCC. The zero-order valence-electron chi connectivity index (χ0n) is 68.0. The Kier molecular flexibility index (Phi) is 46.6. The number of aliphatic hydroxyl groups is 16. The molecule has 674 valence electrons. The molecule has 3 amide bonds. The number of hydrogen-bond donors (Lipinski definition) is 21. The molecule has 116 heavy (non-hydrogen) atoms. The molecule has 21 N–H and O–H groups in total. The van der Waals surface area contributed by atoms with Crippen molar-refractivity contribution in [2.75, 3.05) is 39.6 Å². The van der Waals surface area contributed by atoms with E-state index in [2.05, 4.69) is 29.8 Å². The van der Waals surface area contributed by atoms with Crippen LogP contribution in [-0.2, 0) is 76.1 Å². The molecule has 5 saturated heterocycles. The molecule has 0 spiro atoms. The lowest BCUT2D eigenvalue weighted by Gasteiger charge is -2.52. The van der Waals surface area contributed by atoms with Gasteiger partial charge in [0.2, 0.25) is 17.7 Å².